The van der Waals surface area contributed by atoms with Gasteiger partial charge in [0.05, 0.1) is 24.2 Å². The second-order valence-electron chi connectivity index (χ2n) is 9.74. The minimum absolute atomic E-state index is 0.0451. The number of quaternary nitrogens is 1. The van der Waals surface area contributed by atoms with Crippen molar-refractivity contribution >= 4 is 10.9 Å². The Labute approximate surface area is 183 Å². The normalized spacial score (nSPS) is 20.8. The van der Waals surface area contributed by atoms with Gasteiger partial charge in [-0.1, -0.05) is 26.8 Å². The van der Waals surface area contributed by atoms with Gasteiger partial charge in [-0.15, -0.1) is 5.10 Å². The van der Waals surface area contributed by atoms with Crippen molar-refractivity contribution in [3.8, 4) is 0 Å². The molecule has 7 heteroatoms. The van der Waals surface area contributed by atoms with E-state index in [1.807, 2.05) is 10.7 Å². The zero-order valence-corrected chi connectivity index (χ0v) is 19.4. The Kier molecular flexibility index (Phi) is 5.97. The summed E-state index contributed by atoms with van der Waals surface area (Å²) in [6, 6.07) is 8.15. The number of likely N-dealkylation sites (tertiary alicyclic amines) is 1. The number of hydrogen-bond acceptors (Lipinski definition) is 4. The van der Waals surface area contributed by atoms with Crippen LogP contribution in [0.25, 0.3) is 10.9 Å². The number of aromatic amines is 1. The molecule has 0 bridgehead atoms. The molecule has 2 aromatic heterocycles. The Morgan fingerprint density at radius 1 is 1.29 bits per heavy atom. The van der Waals surface area contributed by atoms with Crippen LogP contribution in [0.4, 0.5) is 0 Å². The van der Waals surface area contributed by atoms with Crippen molar-refractivity contribution in [1.29, 1.82) is 0 Å². The standard InChI is InChI=1S/C24H34N6O/c1-6-17-10-11-20-18(13-17)14-19(23(31)25-20)21(29-12-8-9-16(3)15-29)22-26-27-28-30(22)24(4,5)7-2/h10-11,13-14,16,21H,6-9,12,15H2,1-5H3,(H,25,31)/p+1/t16-,21+/m0/s1. The van der Waals surface area contributed by atoms with E-state index in [2.05, 4.69) is 73.3 Å². The topological polar surface area (TPSA) is 80.9 Å². The summed E-state index contributed by atoms with van der Waals surface area (Å²) in [5, 5.41) is 14.0. The first kappa shape index (κ1) is 21.7. The lowest BCUT2D eigenvalue weighted by Crippen LogP contribution is -3.14. The molecule has 0 spiro atoms. The Hall–Kier alpha value is -2.54. The van der Waals surface area contributed by atoms with Crippen LogP contribution in [0, 0.1) is 5.92 Å². The van der Waals surface area contributed by atoms with Crippen LogP contribution >= 0.6 is 0 Å². The zero-order valence-electron chi connectivity index (χ0n) is 19.4. The third kappa shape index (κ3) is 4.15. The maximum absolute atomic E-state index is 13.3. The van der Waals surface area contributed by atoms with E-state index >= 15 is 0 Å². The highest BCUT2D eigenvalue weighted by atomic mass is 16.1. The monoisotopic (exact) mass is 423 g/mol. The number of pyridine rings is 1. The third-order valence-corrected chi connectivity index (χ3v) is 7.06. The average Bonchev–Trinajstić information content (AvgIpc) is 3.24. The van der Waals surface area contributed by atoms with Crippen LogP contribution < -0.4 is 10.5 Å². The minimum atomic E-state index is -0.225. The Morgan fingerprint density at radius 3 is 2.81 bits per heavy atom. The predicted molar refractivity (Wildman–Crippen MR) is 122 cm³/mol. The number of nitrogens with zero attached hydrogens (tertiary/aromatic N) is 4. The van der Waals surface area contributed by atoms with Gasteiger partial charge in [0.1, 0.15) is 0 Å². The molecule has 4 rings (SSSR count). The first-order chi connectivity index (χ1) is 14.8. The van der Waals surface area contributed by atoms with Gasteiger partial charge in [-0.05, 0) is 79.1 Å². The highest BCUT2D eigenvalue weighted by Crippen LogP contribution is 2.26. The van der Waals surface area contributed by atoms with Gasteiger partial charge < -0.3 is 9.88 Å². The molecular formula is C24H35N6O+. The van der Waals surface area contributed by atoms with Crippen molar-refractivity contribution in [2.24, 2.45) is 5.92 Å². The lowest BCUT2D eigenvalue weighted by atomic mass is 9.94. The van der Waals surface area contributed by atoms with Crippen molar-refractivity contribution in [2.45, 2.75) is 71.9 Å². The number of nitrogens with one attached hydrogen (secondary N) is 2. The van der Waals surface area contributed by atoms with Gasteiger partial charge in [-0.3, -0.25) is 4.79 Å². The van der Waals surface area contributed by atoms with E-state index in [4.69, 9.17) is 0 Å². The smallest absolute Gasteiger partial charge is 0.258 e. The molecule has 1 unspecified atom stereocenters. The molecule has 1 aromatic carbocycles. The molecule has 0 aliphatic carbocycles. The number of aromatic nitrogens is 5. The summed E-state index contributed by atoms with van der Waals surface area (Å²) in [7, 11) is 0. The summed E-state index contributed by atoms with van der Waals surface area (Å²) in [6.45, 7) is 12.9. The van der Waals surface area contributed by atoms with Gasteiger partial charge in [0.2, 0.25) is 5.82 Å². The highest BCUT2D eigenvalue weighted by molar-refractivity contribution is 5.79. The van der Waals surface area contributed by atoms with E-state index < -0.39 is 0 Å². The van der Waals surface area contributed by atoms with Crippen LogP contribution in [0.2, 0.25) is 0 Å². The van der Waals surface area contributed by atoms with Crippen LogP contribution in [0.1, 0.15) is 76.9 Å². The van der Waals surface area contributed by atoms with Gasteiger partial charge in [0, 0.05) is 11.4 Å². The van der Waals surface area contributed by atoms with E-state index in [0.717, 1.165) is 54.6 Å². The molecule has 1 aliphatic heterocycles. The minimum Gasteiger partial charge on any atom is -0.322 e. The summed E-state index contributed by atoms with van der Waals surface area (Å²) in [5.41, 5.74) is 2.62. The summed E-state index contributed by atoms with van der Waals surface area (Å²) in [4.78, 5) is 17.8. The lowest BCUT2D eigenvalue weighted by Gasteiger charge is -2.35. The molecule has 0 radical (unpaired) electrons. The van der Waals surface area contributed by atoms with Crippen LogP contribution in [-0.2, 0) is 12.0 Å². The largest absolute Gasteiger partial charge is 0.322 e. The van der Waals surface area contributed by atoms with E-state index in [9.17, 15) is 4.79 Å². The first-order valence-corrected chi connectivity index (χ1v) is 11.6. The quantitative estimate of drug-likeness (QED) is 0.639. The molecule has 31 heavy (non-hydrogen) atoms. The molecule has 1 saturated heterocycles. The van der Waals surface area contributed by atoms with Crippen molar-refractivity contribution in [1.82, 2.24) is 25.2 Å². The SMILES string of the molecule is CCc1ccc2[nH]c(=O)c([C@H](c3nnnn3C(C)(C)CC)[NH+]3CCC[C@H](C)C3)cc2c1. The number of rotatable bonds is 6. The second-order valence-corrected chi connectivity index (χ2v) is 9.74. The Bertz CT molecular complexity index is 1110. The number of H-pyrrole nitrogens is 1. The maximum Gasteiger partial charge on any atom is 0.258 e. The molecule has 3 aromatic rings. The van der Waals surface area contributed by atoms with Gasteiger partial charge >= 0.3 is 0 Å². The van der Waals surface area contributed by atoms with Crippen LogP contribution in [0.3, 0.4) is 0 Å². The van der Waals surface area contributed by atoms with Crippen molar-refractivity contribution in [3.63, 3.8) is 0 Å². The fourth-order valence-electron chi connectivity index (χ4n) is 4.80. The van der Waals surface area contributed by atoms with Crippen molar-refractivity contribution in [2.75, 3.05) is 13.1 Å². The molecule has 3 atom stereocenters. The van der Waals surface area contributed by atoms with Crippen molar-refractivity contribution in [3.05, 3.63) is 51.6 Å². The fourth-order valence-corrected chi connectivity index (χ4v) is 4.80. The summed E-state index contributed by atoms with van der Waals surface area (Å²) in [6.07, 6.45) is 4.25. The van der Waals surface area contributed by atoms with E-state index in [1.165, 1.54) is 16.9 Å². The molecule has 7 nitrogen and oxygen atoms in total. The van der Waals surface area contributed by atoms with Gasteiger partial charge in [0.25, 0.3) is 5.56 Å². The predicted octanol–water partition coefficient (Wildman–Crippen LogP) is 2.63. The zero-order chi connectivity index (χ0) is 22.2. The lowest BCUT2D eigenvalue weighted by molar-refractivity contribution is -0.934. The van der Waals surface area contributed by atoms with Gasteiger partial charge in [-0.2, -0.15) is 0 Å². The number of benzene rings is 1. The highest BCUT2D eigenvalue weighted by Gasteiger charge is 2.38. The third-order valence-electron chi connectivity index (χ3n) is 7.06. The molecule has 1 fully saturated rings. The average molecular weight is 424 g/mol. The molecular weight excluding hydrogens is 388 g/mol. The Balaban J connectivity index is 1.91. The number of fused-ring (bicyclic) bond motifs is 1. The van der Waals surface area contributed by atoms with E-state index in [1.54, 1.807) is 0 Å². The molecule has 3 heterocycles. The fraction of sp³-hybridized carbons (Fsp3) is 0.583. The van der Waals surface area contributed by atoms with E-state index in [-0.39, 0.29) is 17.1 Å². The number of aryl methyl sites for hydroxylation is 1. The number of piperidine rings is 1. The maximum atomic E-state index is 13.3. The van der Waals surface area contributed by atoms with Gasteiger partial charge in [-0.25, -0.2) is 4.68 Å². The molecule has 166 valence electrons. The van der Waals surface area contributed by atoms with Crippen LogP contribution in [0.15, 0.2) is 29.1 Å². The van der Waals surface area contributed by atoms with E-state index in [0.29, 0.717) is 5.92 Å². The molecule has 1 aliphatic rings. The number of hydrogen-bond donors (Lipinski definition) is 2. The summed E-state index contributed by atoms with van der Waals surface area (Å²) >= 11 is 0. The van der Waals surface area contributed by atoms with Gasteiger partial charge in [0.15, 0.2) is 6.04 Å². The van der Waals surface area contributed by atoms with Crippen LogP contribution in [-0.4, -0.2) is 38.3 Å². The molecule has 0 saturated carbocycles. The first-order valence-electron chi connectivity index (χ1n) is 11.6. The summed E-state index contributed by atoms with van der Waals surface area (Å²) in [5.74, 6) is 1.40. The second kappa shape index (κ2) is 8.54. The molecule has 2 N–H and O–H groups in total. The number of tetrazole rings is 1. The summed E-state index contributed by atoms with van der Waals surface area (Å²) < 4.78 is 1.94. The van der Waals surface area contributed by atoms with Crippen LogP contribution in [0.5, 0.6) is 0 Å². The molecule has 0 amide bonds. The Morgan fingerprint density at radius 2 is 2.10 bits per heavy atom. The van der Waals surface area contributed by atoms with Crippen molar-refractivity contribution < 1.29 is 4.90 Å².